The Bertz CT molecular complexity index is 510. The highest BCUT2D eigenvalue weighted by atomic mass is 16.3. The summed E-state index contributed by atoms with van der Waals surface area (Å²) in [4.78, 5) is 14.2. The smallest absolute Gasteiger partial charge is 0.317 e. The Hall–Kier alpha value is -1.55. The number of hydrogen-bond acceptors (Lipinski definition) is 2. The molecule has 1 saturated carbocycles. The Balaban J connectivity index is 1.80. The van der Waals surface area contributed by atoms with Gasteiger partial charge in [0, 0.05) is 26.2 Å². The van der Waals surface area contributed by atoms with Gasteiger partial charge in [0.1, 0.15) is 0 Å². The number of aliphatic hydroxyl groups is 1. The number of carbonyl (C=O) groups excluding carboxylic acids is 1. The molecular formula is C19H30N2O2. The molecule has 1 aliphatic carbocycles. The number of hydrogen-bond donors (Lipinski definition) is 2. The van der Waals surface area contributed by atoms with Gasteiger partial charge in [0.25, 0.3) is 0 Å². The highest BCUT2D eigenvalue weighted by Crippen LogP contribution is 2.26. The van der Waals surface area contributed by atoms with E-state index in [2.05, 4.69) is 43.4 Å². The molecule has 0 radical (unpaired) electrons. The van der Waals surface area contributed by atoms with Gasteiger partial charge in [-0.15, -0.1) is 0 Å². The van der Waals surface area contributed by atoms with Crippen LogP contribution in [0.2, 0.25) is 0 Å². The van der Waals surface area contributed by atoms with Crippen LogP contribution in [0.5, 0.6) is 0 Å². The fourth-order valence-corrected chi connectivity index (χ4v) is 3.34. The van der Waals surface area contributed by atoms with Crippen molar-refractivity contribution in [2.75, 3.05) is 20.2 Å². The van der Waals surface area contributed by atoms with Crippen LogP contribution < -0.4 is 5.32 Å². The summed E-state index contributed by atoms with van der Waals surface area (Å²) < 4.78 is 0. The Morgan fingerprint density at radius 1 is 1.35 bits per heavy atom. The molecule has 4 nitrogen and oxygen atoms in total. The zero-order chi connectivity index (χ0) is 16.8. The van der Waals surface area contributed by atoms with Gasteiger partial charge in [0.2, 0.25) is 0 Å². The minimum Gasteiger partial charge on any atom is -0.396 e. The van der Waals surface area contributed by atoms with Gasteiger partial charge >= 0.3 is 6.03 Å². The summed E-state index contributed by atoms with van der Waals surface area (Å²) in [5.41, 5.74) is 2.51. The van der Waals surface area contributed by atoms with E-state index >= 15 is 0 Å². The number of aryl methyl sites for hydroxylation is 1. The fraction of sp³-hybridized carbons (Fsp3) is 0.632. The van der Waals surface area contributed by atoms with Crippen molar-refractivity contribution in [3.05, 3.63) is 35.4 Å². The third-order valence-electron chi connectivity index (χ3n) is 5.11. The molecule has 0 spiro atoms. The van der Waals surface area contributed by atoms with Crippen molar-refractivity contribution in [1.29, 1.82) is 0 Å². The molecule has 0 aromatic heterocycles. The Morgan fingerprint density at radius 3 is 2.65 bits per heavy atom. The van der Waals surface area contributed by atoms with E-state index in [1.54, 1.807) is 0 Å². The first kappa shape index (κ1) is 17.8. The standard InChI is InChI=1S/C19H30N2O2/c1-14-5-4-6-17(11-14)15(2)12-20-19(23)21(3)18-9-7-16(13-22)8-10-18/h4-6,11,15-16,18,22H,7-10,12-13H2,1-3H3,(H,20,23). The van der Waals surface area contributed by atoms with Crippen LogP contribution in [0.25, 0.3) is 0 Å². The number of urea groups is 1. The minimum atomic E-state index is 0.0111. The molecule has 1 fully saturated rings. The number of carbonyl (C=O) groups is 1. The second-order valence-corrected chi connectivity index (χ2v) is 6.97. The molecule has 0 saturated heterocycles. The van der Waals surface area contributed by atoms with Gasteiger partial charge in [-0.2, -0.15) is 0 Å². The average Bonchev–Trinajstić information content (AvgIpc) is 2.58. The number of aliphatic hydroxyl groups excluding tert-OH is 1. The molecule has 0 heterocycles. The van der Waals surface area contributed by atoms with Gasteiger partial charge in [0.15, 0.2) is 0 Å². The summed E-state index contributed by atoms with van der Waals surface area (Å²) in [5, 5.41) is 12.3. The van der Waals surface area contributed by atoms with E-state index < -0.39 is 0 Å². The lowest BCUT2D eigenvalue weighted by atomic mass is 9.86. The summed E-state index contributed by atoms with van der Waals surface area (Å²) in [6.07, 6.45) is 4.00. The molecule has 2 amide bonds. The molecule has 1 aromatic rings. The number of amides is 2. The second-order valence-electron chi connectivity index (χ2n) is 6.97. The third kappa shape index (κ3) is 4.96. The van der Waals surface area contributed by atoms with Crippen molar-refractivity contribution in [3.8, 4) is 0 Å². The Labute approximate surface area is 139 Å². The SMILES string of the molecule is Cc1cccc(C(C)CNC(=O)N(C)C2CCC(CO)CC2)c1. The number of benzene rings is 1. The summed E-state index contributed by atoms with van der Waals surface area (Å²) in [5.74, 6) is 0.724. The normalized spacial score (nSPS) is 22.4. The highest BCUT2D eigenvalue weighted by molar-refractivity contribution is 5.74. The number of nitrogens with zero attached hydrogens (tertiary/aromatic N) is 1. The van der Waals surface area contributed by atoms with Crippen LogP contribution in [-0.4, -0.2) is 42.3 Å². The van der Waals surface area contributed by atoms with Gasteiger partial charge < -0.3 is 15.3 Å². The minimum absolute atomic E-state index is 0.0111. The first-order valence-electron chi connectivity index (χ1n) is 8.69. The maximum Gasteiger partial charge on any atom is 0.317 e. The monoisotopic (exact) mass is 318 g/mol. The van der Waals surface area contributed by atoms with Crippen molar-refractivity contribution < 1.29 is 9.90 Å². The van der Waals surface area contributed by atoms with Crippen molar-refractivity contribution in [2.24, 2.45) is 5.92 Å². The zero-order valence-corrected chi connectivity index (χ0v) is 14.6. The number of rotatable bonds is 5. The molecule has 23 heavy (non-hydrogen) atoms. The van der Waals surface area contributed by atoms with Gasteiger partial charge in [-0.05, 0) is 50.0 Å². The topological polar surface area (TPSA) is 52.6 Å². The third-order valence-corrected chi connectivity index (χ3v) is 5.11. The molecule has 128 valence electrons. The Kier molecular flexibility index (Phi) is 6.46. The van der Waals surface area contributed by atoms with Gasteiger partial charge in [-0.25, -0.2) is 4.79 Å². The van der Waals surface area contributed by atoms with Crippen molar-refractivity contribution >= 4 is 6.03 Å². The van der Waals surface area contributed by atoms with Gasteiger partial charge in [-0.3, -0.25) is 0 Å². The van der Waals surface area contributed by atoms with Crippen molar-refractivity contribution in [2.45, 2.75) is 51.5 Å². The molecule has 2 rings (SSSR count). The summed E-state index contributed by atoms with van der Waals surface area (Å²) in [7, 11) is 1.89. The fourth-order valence-electron chi connectivity index (χ4n) is 3.34. The summed E-state index contributed by atoms with van der Waals surface area (Å²) >= 11 is 0. The zero-order valence-electron chi connectivity index (χ0n) is 14.6. The maximum atomic E-state index is 12.4. The molecule has 0 aliphatic heterocycles. The van der Waals surface area contributed by atoms with E-state index in [0.29, 0.717) is 24.4 Å². The van der Waals surface area contributed by atoms with Crippen LogP contribution in [0.15, 0.2) is 24.3 Å². The quantitative estimate of drug-likeness (QED) is 0.875. The summed E-state index contributed by atoms with van der Waals surface area (Å²) in [6, 6.07) is 8.75. The van der Waals surface area contributed by atoms with Crippen LogP contribution in [0.1, 0.15) is 49.7 Å². The number of nitrogens with one attached hydrogen (secondary N) is 1. The second kappa shape index (κ2) is 8.34. The predicted octanol–water partition coefficient (Wildman–Crippen LogP) is 3.29. The molecule has 1 aliphatic rings. The first-order valence-corrected chi connectivity index (χ1v) is 8.69. The van der Waals surface area contributed by atoms with E-state index in [1.165, 1.54) is 11.1 Å². The van der Waals surface area contributed by atoms with E-state index in [4.69, 9.17) is 0 Å². The average molecular weight is 318 g/mol. The van der Waals surface area contributed by atoms with Crippen LogP contribution in [0, 0.1) is 12.8 Å². The lowest BCUT2D eigenvalue weighted by molar-refractivity contribution is 0.134. The van der Waals surface area contributed by atoms with Gasteiger partial charge in [0.05, 0.1) is 0 Å². The molecule has 4 heteroatoms. The van der Waals surface area contributed by atoms with Crippen LogP contribution in [0.4, 0.5) is 4.79 Å². The molecule has 1 unspecified atom stereocenters. The predicted molar refractivity (Wildman–Crippen MR) is 93.6 cm³/mol. The van der Waals surface area contributed by atoms with Gasteiger partial charge in [-0.1, -0.05) is 36.8 Å². The van der Waals surface area contributed by atoms with E-state index in [9.17, 15) is 9.90 Å². The summed E-state index contributed by atoms with van der Waals surface area (Å²) in [6.45, 7) is 5.15. The van der Waals surface area contributed by atoms with E-state index in [0.717, 1.165) is 25.7 Å². The molecular weight excluding hydrogens is 288 g/mol. The Morgan fingerprint density at radius 2 is 2.04 bits per heavy atom. The van der Waals surface area contributed by atoms with E-state index in [1.807, 2.05) is 11.9 Å². The van der Waals surface area contributed by atoms with Crippen LogP contribution >= 0.6 is 0 Å². The van der Waals surface area contributed by atoms with Crippen molar-refractivity contribution in [3.63, 3.8) is 0 Å². The molecule has 0 bridgehead atoms. The van der Waals surface area contributed by atoms with Crippen LogP contribution in [-0.2, 0) is 0 Å². The van der Waals surface area contributed by atoms with E-state index in [-0.39, 0.29) is 12.6 Å². The molecule has 1 atom stereocenters. The lowest BCUT2D eigenvalue weighted by Gasteiger charge is -2.34. The molecule has 2 N–H and O–H groups in total. The molecule has 1 aromatic carbocycles. The van der Waals surface area contributed by atoms with Crippen LogP contribution in [0.3, 0.4) is 0 Å². The van der Waals surface area contributed by atoms with Crippen molar-refractivity contribution in [1.82, 2.24) is 10.2 Å². The highest BCUT2D eigenvalue weighted by Gasteiger charge is 2.26. The first-order chi connectivity index (χ1) is 11.0. The maximum absolute atomic E-state index is 12.4. The lowest BCUT2D eigenvalue weighted by Crippen LogP contribution is -2.46. The largest absolute Gasteiger partial charge is 0.396 e.